The van der Waals surface area contributed by atoms with Gasteiger partial charge >= 0.3 is 0 Å². The zero-order chi connectivity index (χ0) is 14.8. The Kier molecular flexibility index (Phi) is 8.27. The molecular formula is C14H18BrCl3N4O. The third kappa shape index (κ3) is 4.59. The van der Waals surface area contributed by atoms with Crippen molar-refractivity contribution < 1.29 is 5.11 Å². The van der Waals surface area contributed by atoms with Crippen molar-refractivity contribution in [1.82, 2.24) is 19.9 Å². The van der Waals surface area contributed by atoms with Gasteiger partial charge in [0, 0.05) is 12.7 Å². The summed E-state index contributed by atoms with van der Waals surface area (Å²) >= 11 is 9.53. The standard InChI is InChI=1S/C14H16BrClN4O.2ClH/c15-9-7-18-14-13(12(9)16)19-8-20(14)6-2-3-10-11(21)4-1-5-17-10;;/h2-3,7-8,10-11,17,21H,1,4-6H2;2*1H/b3-2+;;/t10-,11+;;/m1../s1. The van der Waals surface area contributed by atoms with E-state index in [2.05, 4.69) is 31.2 Å². The molecule has 5 nitrogen and oxygen atoms in total. The maximum absolute atomic E-state index is 9.90. The summed E-state index contributed by atoms with van der Waals surface area (Å²) in [5, 5.41) is 13.8. The molecule has 1 aliphatic heterocycles. The van der Waals surface area contributed by atoms with Crippen molar-refractivity contribution >= 4 is 63.5 Å². The summed E-state index contributed by atoms with van der Waals surface area (Å²) < 4.78 is 2.67. The van der Waals surface area contributed by atoms with E-state index in [1.165, 1.54) is 0 Å². The molecule has 9 heteroatoms. The average molecular weight is 445 g/mol. The number of pyridine rings is 1. The molecule has 2 N–H and O–H groups in total. The van der Waals surface area contributed by atoms with E-state index in [1.54, 1.807) is 12.5 Å². The van der Waals surface area contributed by atoms with Crippen molar-refractivity contribution in [1.29, 1.82) is 0 Å². The first-order chi connectivity index (χ1) is 10.2. The number of allylic oxidation sites excluding steroid dienone is 1. The van der Waals surface area contributed by atoms with Gasteiger partial charge in [0.15, 0.2) is 5.65 Å². The lowest BCUT2D eigenvalue weighted by Gasteiger charge is -2.26. The highest BCUT2D eigenvalue weighted by atomic mass is 79.9. The van der Waals surface area contributed by atoms with Gasteiger partial charge in [-0.25, -0.2) is 9.97 Å². The maximum Gasteiger partial charge on any atom is 0.161 e. The Balaban J connectivity index is 0.00000132. The highest BCUT2D eigenvalue weighted by Gasteiger charge is 2.19. The van der Waals surface area contributed by atoms with Gasteiger partial charge in [-0.1, -0.05) is 23.8 Å². The van der Waals surface area contributed by atoms with Gasteiger partial charge < -0.3 is 15.0 Å². The molecule has 0 spiro atoms. The van der Waals surface area contributed by atoms with Crippen LogP contribution in [-0.4, -0.2) is 38.3 Å². The summed E-state index contributed by atoms with van der Waals surface area (Å²) in [4.78, 5) is 8.65. The number of nitrogens with zero attached hydrogens (tertiary/aromatic N) is 3. The van der Waals surface area contributed by atoms with Crippen LogP contribution in [0.5, 0.6) is 0 Å². The van der Waals surface area contributed by atoms with Crippen molar-refractivity contribution in [2.24, 2.45) is 0 Å². The van der Waals surface area contributed by atoms with Gasteiger partial charge in [0.25, 0.3) is 0 Å². The number of rotatable bonds is 3. The van der Waals surface area contributed by atoms with Crippen LogP contribution < -0.4 is 5.32 Å². The molecule has 23 heavy (non-hydrogen) atoms. The van der Waals surface area contributed by atoms with Gasteiger partial charge in [0.2, 0.25) is 0 Å². The first-order valence-electron chi connectivity index (χ1n) is 6.90. The number of hydrogen-bond acceptors (Lipinski definition) is 4. The molecule has 3 heterocycles. The van der Waals surface area contributed by atoms with Crippen LogP contribution in [-0.2, 0) is 6.54 Å². The van der Waals surface area contributed by atoms with Crippen LogP contribution in [0.15, 0.2) is 29.1 Å². The van der Waals surface area contributed by atoms with E-state index in [-0.39, 0.29) is 37.0 Å². The van der Waals surface area contributed by atoms with Gasteiger partial charge in [-0.2, -0.15) is 0 Å². The number of hydrogen-bond donors (Lipinski definition) is 2. The van der Waals surface area contributed by atoms with Crippen molar-refractivity contribution in [3.63, 3.8) is 0 Å². The number of piperidine rings is 1. The molecule has 2 aromatic rings. The average Bonchev–Trinajstić information content (AvgIpc) is 2.89. The molecule has 0 saturated carbocycles. The monoisotopic (exact) mass is 442 g/mol. The molecule has 0 bridgehead atoms. The van der Waals surface area contributed by atoms with Crippen LogP contribution >= 0.6 is 52.3 Å². The lowest BCUT2D eigenvalue weighted by Crippen LogP contribution is -2.43. The normalized spacial score (nSPS) is 21.2. The highest BCUT2D eigenvalue weighted by Crippen LogP contribution is 2.28. The molecule has 2 aromatic heterocycles. The van der Waals surface area contributed by atoms with Gasteiger partial charge in [-0.15, -0.1) is 24.8 Å². The van der Waals surface area contributed by atoms with Crippen LogP contribution in [0.25, 0.3) is 11.2 Å². The Bertz CT molecular complexity index is 679. The molecule has 1 fully saturated rings. The van der Waals surface area contributed by atoms with E-state index in [9.17, 15) is 5.11 Å². The summed E-state index contributed by atoms with van der Waals surface area (Å²) in [5.74, 6) is 0. The molecule has 1 aliphatic rings. The Labute approximate surface area is 160 Å². The second-order valence-electron chi connectivity index (χ2n) is 5.11. The second-order valence-corrected chi connectivity index (χ2v) is 6.34. The van der Waals surface area contributed by atoms with Crippen LogP contribution in [0.1, 0.15) is 12.8 Å². The third-order valence-corrected chi connectivity index (χ3v) is 4.86. The van der Waals surface area contributed by atoms with E-state index in [1.807, 2.05) is 16.7 Å². The number of fused-ring (bicyclic) bond motifs is 1. The topological polar surface area (TPSA) is 63.0 Å². The molecule has 0 amide bonds. The minimum atomic E-state index is -0.307. The van der Waals surface area contributed by atoms with Crippen molar-refractivity contribution in [3.8, 4) is 0 Å². The number of aliphatic hydroxyl groups is 1. The van der Waals surface area contributed by atoms with E-state index < -0.39 is 0 Å². The summed E-state index contributed by atoms with van der Waals surface area (Å²) in [6.45, 7) is 1.59. The van der Waals surface area contributed by atoms with Crippen LogP contribution in [0.2, 0.25) is 5.02 Å². The Morgan fingerprint density at radius 1 is 1.43 bits per heavy atom. The highest BCUT2D eigenvalue weighted by molar-refractivity contribution is 9.10. The molecule has 128 valence electrons. The van der Waals surface area contributed by atoms with E-state index in [0.29, 0.717) is 17.1 Å². The Morgan fingerprint density at radius 2 is 2.22 bits per heavy atom. The van der Waals surface area contributed by atoms with E-state index in [4.69, 9.17) is 11.6 Å². The fraction of sp³-hybridized carbons (Fsp3) is 0.429. The second kappa shape index (κ2) is 9.20. The first kappa shape index (κ1) is 20.7. The molecular weight excluding hydrogens is 426 g/mol. The summed E-state index contributed by atoms with van der Waals surface area (Å²) in [6.07, 6.45) is 9.00. The Morgan fingerprint density at radius 3 is 2.96 bits per heavy atom. The fourth-order valence-corrected chi connectivity index (χ4v) is 2.97. The predicted molar refractivity (Wildman–Crippen MR) is 101 cm³/mol. The predicted octanol–water partition coefficient (Wildman–Crippen LogP) is 3.36. The van der Waals surface area contributed by atoms with Gasteiger partial charge in [0.05, 0.1) is 28.0 Å². The maximum atomic E-state index is 9.90. The molecule has 2 atom stereocenters. The van der Waals surface area contributed by atoms with Crippen molar-refractivity contribution in [2.45, 2.75) is 31.5 Å². The number of halogens is 4. The zero-order valence-corrected chi connectivity index (χ0v) is 16.1. The number of nitrogens with one attached hydrogen (secondary N) is 1. The smallest absolute Gasteiger partial charge is 0.161 e. The van der Waals surface area contributed by atoms with Crippen molar-refractivity contribution in [3.05, 3.63) is 34.2 Å². The molecule has 3 rings (SSSR count). The number of aliphatic hydroxyl groups excluding tert-OH is 1. The van der Waals surface area contributed by atoms with Gasteiger partial charge in [-0.3, -0.25) is 0 Å². The number of imidazole rings is 1. The number of aromatic nitrogens is 3. The summed E-state index contributed by atoms with van der Waals surface area (Å²) in [7, 11) is 0. The van der Waals surface area contributed by atoms with Gasteiger partial charge in [-0.05, 0) is 35.3 Å². The molecule has 0 unspecified atom stereocenters. The van der Waals surface area contributed by atoms with Gasteiger partial charge in [0.1, 0.15) is 5.52 Å². The summed E-state index contributed by atoms with van der Waals surface area (Å²) in [6, 6.07) is 0.0271. The zero-order valence-electron chi connectivity index (χ0n) is 12.2. The van der Waals surface area contributed by atoms with E-state index in [0.717, 1.165) is 29.5 Å². The lowest BCUT2D eigenvalue weighted by molar-refractivity contribution is 0.115. The van der Waals surface area contributed by atoms with Crippen LogP contribution in [0, 0.1) is 0 Å². The van der Waals surface area contributed by atoms with Crippen molar-refractivity contribution in [2.75, 3.05) is 6.54 Å². The van der Waals surface area contributed by atoms with E-state index >= 15 is 0 Å². The minimum absolute atomic E-state index is 0. The Hall–Kier alpha value is -0.370. The largest absolute Gasteiger partial charge is 0.391 e. The quantitative estimate of drug-likeness (QED) is 0.713. The lowest BCUT2D eigenvalue weighted by atomic mass is 10.0. The fourth-order valence-electron chi connectivity index (χ4n) is 2.50. The van der Waals surface area contributed by atoms with Crippen LogP contribution in [0.4, 0.5) is 0 Å². The minimum Gasteiger partial charge on any atom is -0.391 e. The first-order valence-corrected chi connectivity index (χ1v) is 8.07. The SMILES string of the molecule is Cl.Cl.O[C@H]1CCCN[C@@H]1/C=C/Cn1cnc2c(Cl)c(Br)cnc21. The molecule has 1 saturated heterocycles. The summed E-state index contributed by atoms with van der Waals surface area (Å²) in [5.41, 5.74) is 1.44. The molecule has 0 aromatic carbocycles. The molecule has 0 radical (unpaired) electrons. The molecule has 0 aliphatic carbocycles. The van der Waals surface area contributed by atoms with Crippen LogP contribution in [0.3, 0.4) is 0 Å². The third-order valence-electron chi connectivity index (χ3n) is 3.64.